The molecule has 0 aromatic heterocycles. The van der Waals surface area contributed by atoms with Gasteiger partial charge in [-0.1, -0.05) is 6.92 Å². The number of amides is 1. The van der Waals surface area contributed by atoms with Crippen LogP contribution in [0.15, 0.2) is 12.1 Å². The smallest absolute Gasteiger partial charge is 0.340 e. The van der Waals surface area contributed by atoms with Gasteiger partial charge >= 0.3 is 5.97 Å². The van der Waals surface area contributed by atoms with E-state index in [0.29, 0.717) is 13.0 Å². The fourth-order valence-corrected chi connectivity index (χ4v) is 1.91. The summed E-state index contributed by atoms with van der Waals surface area (Å²) in [5, 5.41) is 2.48. The molecule has 0 unspecified atom stereocenters. The van der Waals surface area contributed by atoms with Gasteiger partial charge in [0.1, 0.15) is 5.82 Å². The number of hydrogen-bond donors (Lipinski definition) is 2. The number of carbonyl (C=O) groups is 2. The van der Waals surface area contributed by atoms with E-state index >= 15 is 0 Å². The van der Waals surface area contributed by atoms with E-state index in [0.717, 1.165) is 6.07 Å². The quantitative estimate of drug-likeness (QED) is 0.608. The molecule has 0 aliphatic rings. The van der Waals surface area contributed by atoms with Gasteiger partial charge in [0.05, 0.1) is 24.9 Å². The van der Waals surface area contributed by atoms with Crippen molar-refractivity contribution < 1.29 is 18.7 Å². The number of nitrogen functional groups attached to an aromatic ring is 1. The second-order valence-corrected chi connectivity index (χ2v) is 4.48. The van der Waals surface area contributed by atoms with Crippen molar-refractivity contribution in [3.05, 3.63) is 23.5 Å². The first-order chi connectivity index (χ1) is 9.94. The Labute approximate surface area is 123 Å². The molecule has 0 spiro atoms. The van der Waals surface area contributed by atoms with E-state index in [1.807, 2.05) is 6.92 Å². The SMILES string of the molecule is CCCN(CC(=O)NC)c1cc(C(=O)OC)c(N)cc1F. The van der Waals surface area contributed by atoms with Gasteiger partial charge in [-0.2, -0.15) is 0 Å². The van der Waals surface area contributed by atoms with Crippen LogP contribution in [0, 0.1) is 5.82 Å². The monoisotopic (exact) mass is 297 g/mol. The summed E-state index contributed by atoms with van der Waals surface area (Å²) in [6.07, 6.45) is 0.717. The molecule has 6 nitrogen and oxygen atoms in total. The molecule has 3 N–H and O–H groups in total. The molecule has 0 saturated carbocycles. The van der Waals surface area contributed by atoms with Crippen molar-refractivity contribution in [2.45, 2.75) is 13.3 Å². The summed E-state index contributed by atoms with van der Waals surface area (Å²) in [5.41, 5.74) is 5.85. The molecule has 116 valence electrons. The number of ether oxygens (including phenoxy) is 1. The number of nitrogens with two attached hydrogens (primary N) is 1. The van der Waals surface area contributed by atoms with Gasteiger partial charge in [0.2, 0.25) is 5.91 Å². The third-order valence-electron chi connectivity index (χ3n) is 2.97. The van der Waals surface area contributed by atoms with Gasteiger partial charge in [-0.25, -0.2) is 9.18 Å². The van der Waals surface area contributed by atoms with Crippen molar-refractivity contribution >= 4 is 23.3 Å². The third kappa shape index (κ3) is 4.08. The molecule has 1 aromatic carbocycles. The summed E-state index contributed by atoms with van der Waals surface area (Å²) in [5.74, 6) is -1.48. The molecular weight excluding hydrogens is 277 g/mol. The van der Waals surface area contributed by atoms with Crippen molar-refractivity contribution in [3.8, 4) is 0 Å². The number of methoxy groups -OCH3 is 1. The van der Waals surface area contributed by atoms with E-state index in [4.69, 9.17) is 5.73 Å². The highest BCUT2D eigenvalue weighted by Crippen LogP contribution is 2.26. The molecule has 1 rings (SSSR count). The van der Waals surface area contributed by atoms with Crippen molar-refractivity contribution in [2.24, 2.45) is 0 Å². The standard InChI is InChI=1S/C14H20FN3O3/c1-4-5-18(8-13(19)17-2)12-6-9(14(20)21-3)11(16)7-10(12)15/h6-7H,4-5,8,16H2,1-3H3,(H,17,19). The minimum atomic E-state index is -0.648. The van der Waals surface area contributed by atoms with Crippen LogP contribution in [0.5, 0.6) is 0 Å². The number of nitrogens with zero attached hydrogens (tertiary/aromatic N) is 1. The lowest BCUT2D eigenvalue weighted by molar-refractivity contribution is -0.119. The molecule has 0 aliphatic carbocycles. The van der Waals surface area contributed by atoms with E-state index in [9.17, 15) is 14.0 Å². The fraction of sp³-hybridized carbons (Fsp3) is 0.429. The van der Waals surface area contributed by atoms with E-state index in [-0.39, 0.29) is 29.4 Å². The summed E-state index contributed by atoms with van der Waals surface area (Å²) in [7, 11) is 2.73. The highest BCUT2D eigenvalue weighted by atomic mass is 19.1. The van der Waals surface area contributed by atoms with Crippen LogP contribution in [0.3, 0.4) is 0 Å². The van der Waals surface area contributed by atoms with Crippen LogP contribution in [0.25, 0.3) is 0 Å². The second-order valence-electron chi connectivity index (χ2n) is 4.48. The van der Waals surface area contributed by atoms with Gasteiger partial charge in [0, 0.05) is 19.3 Å². The number of halogens is 1. The van der Waals surface area contributed by atoms with Gasteiger partial charge in [-0.3, -0.25) is 4.79 Å². The number of hydrogen-bond acceptors (Lipinski definition) is 5. The number of nitrogens with one attached hydrogen (secondary N) is 1. The maximum Gasteiger partial charge on any atom is 0.340 e. The summed E-state index contributed by atoms with van der Waals surface area (Å²) in [6, 6.07) is 2.38. The summed E-state index contributed by atoms with van der Waals surface area (Å²) in [6.45, 7) is 2.37. The predicted octanol–water partition coefficient (Wildman–Crippen LogP) is 1.16. The topological polar surface area (TPSA) is 84.7 Å². The molecule has 0 atom stereocenters. The Balaban J connectivity index is 3.23. The minimum absolute atomic E-state index is 0.000471. The second kappa shape index (κ2) is 7.47. The molecule has 0 bridgehead atoms. The third-order valence-corrected chi connectivity index (χ3v) is 2.97. The minimum Gasteiger partial charge on any atom is -0.465 e. The van der Waals surface area contributed by atoms with Crippen LogP contribution in [-0.2, 0) is 9.53 Å². The molecule has 0 fully saturated rings. The van der Waals surface area contributed by atoms with E-state index in [1.165, 1.54) is 20.2 Å². The van der Waals surface area contributed by atoms with Gasteiger partial charge in [0.25, 0.3) is 0 Å². The Kier molecular flexibility index (Phi) is 5.95. The molecule has 0 radical (unpaired) electrons. The highest BCUT2D eigenvalue weighted by molar-refractivity contribution is 5.96. The number of likely N-dealkylation sites (N-methyl/N-ethyl adjacent to an activating group) is 1. The van der Waals surface area contributed by atoms with Crippen LogP contribution >= 0.6 is 0 Å². The molecule has 0 saturated heterocycles. The summed E-state index contributed by atoms with van der Waals surface area (Å²) < 4.78 is 18.7. The zero-order chi connectivity index (χ0) is 16.0. The maximum absolute atomic E-state index is 14.1. The number of anilines is 2. The molecule has 0 aliphatic heterocycles. The highest BCUT2D eigenvalue weighted by Gasteiger charge is 2.19. The largest absolute Gasteiger partial charge is 0.465 e. The zero-order valence-corrected chi connectivity index (χ0v) is 12.4. The molecule has 1 aromatic rings. The Morgan fingerprint density at radius 1 is 1.43 bits per heavy atom. The van der Waals surface area contributed by atoms with Crippen LogP contribution in [0.4, 0.5) is 15.8 Å². The van der Waals surface area contributed by atoms with E-state index in [1.54, 1.807) is 4.90 Å². The molecule has 1 amide bonds. The fourth-order valence-electron chi connectivity index (χ4n) is 1.91. The van der Waals surface area contributed by atoms with Gasteiger partial charge < -0.3 is 20.7 Å². The Bertz CT molecular complexity index is 534. The number of rotatable bonds is 6. The average Bonchev–Trinajstić information content (AvgIpc) is 2.46. The van der Waals surface area contributed by atoms with Crippen molar-refractivity contribution in [1.29, 1.82) is 0 Å². The summed E-state index contributed by atoms with van der Waals surface area (Å²) >= 11 is 0. The Morgan fingerprint density at radius 3 is 2.62 bits per heavy atom. The average molecular weight is 297 g/mol. The Hall–Kier alpha value is -2.31. The van der Waals surface area contributed by atoms with E-state index < -0.39 is 11.8 Å². The lowest BCUT2D eigenvalue weighted by atomic mass is 10.1. The molecular formula is C14H20FN3O3. The van der Waals surface area contributed by atoms with Crippen LogP contribution in [0.1, 0.15) is 23.7 Å². The molecule has 0 heterocycles. The molecule has 21 heavy (non-hydrogen) atoms. The lowest BCUT2D eigenvalue weighted by Gasteiger charge is -2.24. The summed E-state index contributed by atoms with van der Waals surface area (Å²) in [4.78, 5) is 24.7. The number of carbonyl (C=O) groups excluding carboxylic acids is 2. The van der Waals surface area contributed by atoms with Crippen LogP contribution in [0.2, 0.25) is 0 Å². The van der Waals surface area contributed by atoms with Crippen LogP contribution < -0.4 is 16.0 Å². The predicted molar refractivity (Wildman–Crippen MR) is 78.7 cm³/mol. The number of esters is 1. The van der Waals surface area contributed by atoms with Crippen LogP contribution in [-0.4, -0.2) is 39.1 Å². The number of benzene rings is 1. The van der Waals surface area contributed by atoms with Crippen molar-refractivity contribution in [1.82, 2.24) is 5.32 Å². The van der Waals surface area contributed by atoms with Gasteiger partial charge in [0.15, 0.2) is 0 Å². The Morgan fingerprint density at radius 2 is 2.10 bits per heavy atom. The van der Waals surface area contributed by atoms with Crippen molar-refractivity contribution in [3.63, 3.8) is 0 Å². The van der Waals surface area contributed by atoms with Gasteiger partial charge in [-0.05, 0) is 18.6 Å². The first kappa shape index (κ1) is 16.7. The lowest BCUT2D eigenvalue weighted by Crippen LogP contribution is -2.36. The maximum atomic E-state index is 14.1. The first-order valence-corrected chi connectivity index (χ1v) is 6.57. The van der Waals surface area contributed by atoms with Crippen molar-refractivity contribution in [2.75, 3.05) is 37.9 Å². The zero-order valence-electron chi connectivity index (χ0n) is 12.4. The normalized spacial score (nSPS) is 10.1. The van der Waals surface area contributed by atoms with E-state index in [2.05, 4.69) is 10.1 Å². The molecule has 7 heteroatoms. The first-order valence-electron chi connectivity index (χ1n) is 6.57. The van der Waals surface area contributed by atoms with Gasteiger partial charge in [-0.15, -0.1) is 0 Å².